The van der Waals surface area contributed by atoms with Crippen LogP contribution < -0.4 is 5.32 Å². The number of aliphatic hydroxyl groups is 1. The van der Waals surface area contributed by atoms with Crippen LogP contribution in [0, 0.1) is 11.8 Å². The molecule has 106 valence electrons. The van der Waals surface area contributed by atoms with Gasteiger partial charge in [-0.1, -0.05) is 44.2 Å². The smallest absolute Gasteiger partial charge is 0.0626 e. The molecule has 0 unspecified atom stereocenters. The first-order valence-electron chi connectivity index (χ1n) is 7.62. The molecule has 1 aromatic carbocycles. The summed E-state index contributed by atoms with van der Waals surface area (Å²) in [7, 11) is 0. The summed E-state index contributed by atoms with van der Waals surface area (Å²) < 4.78 is 0. The molecule has 19 heavy (non-hydrogen) atoms. The molecule has 1 aliphatic carbocycles. The van der Waals surface area contributed by atoms with Crippen molar-refractivity contribution in [1.82, 2.24) is 5.32 Å². The summed E-state index contributed by atoms with van der Waals surface area (Å²) in [6.07, 6.45) is 5.13. The second-order valence-electron chi connectivity index (χ2n) is 6.17. The van der Waals surface area contributed by atoms with Gasteiger partial charge in [-0.3, -0.25) is 0 Å². The van der Waals surface area contributed by atoms with Crippen LogP contribution in [0.3, 0.4) is 0 Å². The lowest BCUT2D eigenvalue weighted by atomic mass is 9.79. The molecule has 0 aliphatic heterocycles. The monoisotopic (exact) mass is 261 g/mol. The molecule has 2 nitrogen and oxygen atoms in total. The number of nitrogens with one attached hydrogen (secondary N) is 1. The fourth-order valence-corrected chi connectivity index (χ4v) is 3.18. The molecule has 0 amide bonds. The Morgan fingerprint density at radius 3 is 2.26 bits per heavy atom. The van der Waals surface area contributed by atoms with Gasteiger partial charge in [0.25, 0.3) is 0 Å². The number of hydrogen-bond acceptors (Lipinski definition) is 2. The summed E-state index contributed by atoms with van der Waals surface area (Å²) >= 11 is 0. The van der Waals surface area contributed by atoms with Gasteiger partial charge >= 0.3 is 0 Å². The minimum absolute atomic E-state index is 0.0850. The lowest BCUT2D eigenvalue weighted by Crippen LogP contribution is -2.38. The third kappa shape index (κ3) is 4.05. The zero-order valence-corrected chi connectivity index (χ0v) is 12.2. The summed E-state index contributed by atoms with van der Waals surface area (Å²) in [6.45, 7) is 4.84. The molecule has 1 aliphatic rings. The molecule has 0 saturated heterocycles. The fraction of sp³-hybridized carbons (Fsp3) is 0.647. The van der Waals surface area contributed by atoms with E-state index in [9.17, 15) is 5.11 Å². The lowest BCUT2D eigenvalue weighted by Gasteiger charge is -2.33. The first-order valence-corrected chi connectivity index (χ1v) is 7.62. The third-order valence-corrected chi connectivity index (χ3v) is 4.54. The van der Waals surface area contributed by atoms with Crippen molar-refractivity contribution < 1.29 is 5.11 Å². The van der Waals surface area contributed by atoms with E-state index in [-0.39, 0.29) is 12.6 Å². The maximum atomic E-state index is 9.59. The summed E-state index contributed by atoms with van der Waals surface area (Å²) in [5, 5.41) is 13.2. The zero-order chi connectivity index (χ0) is 13.7. The van der Waals surface area contributed by atoms with Gasteiger partial charge in [-0.15, -0.1) is 0 Å². The topological polar surface area (TPSA) is 32.3 Å². The van der Waals surface area contributed by atoms with E-state index in [0.29, 0.717) is 6.04 Å². The Bertz CT molecular complexity index is 355. The molecular formula is C17H27NO. The van der Waals surface area contributed by atoms with Crippen LogP contribution in [-0.4, -0.2) is 17.8 Å². The van der Waals surface area contributed by atoms with E-state index in [1.165, 1.54) is 31.2 Å². The highest BCUT2D eigenvalue weighted by Gasteiger charge is 2.24. The van der Waals surface area contributed by atoms with Gasteiger partial charge in [-0.25, -0.2) is 0 Å². The molecule has 1 aromatic rings. The summed E-state index contributed by atoms with van der Waals surface area (Å²) in [5.41, 5.74) is 1.19. The van der Waals surface area contributed by atoms with E-state index in [2.05, 4.69) is 31.3 Å². The van der Waals surface area contributed by atoms with Crippen molar-refractivity contribution in [3.8, 4) is 0 Å². The largest absolute Gasteiger partial charge is 0.394 e. The Morgan fingerprint density at radius 2 is 1.74 bits per heavy atom. The summed E-state index contributed by atoms with van der Waals surface area (Å²) in [5.74, 6) is 1.70. The molecule has 1 atom stereocenters. The van der Waals surface area contributed by atoms with Gasteiger partial charge in [0.05, 0.1) is 12.6 Å². The second-order valence-corrected chi connectivity index (χ2v) is 6.17. The van der Waals surface area contributed by atoms with Crippen molar-refractivity contribution in [3.63, 3.8) is 0 Å². The van der Waals surface area contributed by atoms with Crippen LogP contribution >= 0.6 is 0 Å². The summed E-state index contributed by atoms with van der Waals surface area (Å²) in [6, 6.07) is 10.9. The van der Waals surface area contributed by atoms with Crippen LogP contribution in [0.15, 0.2) is 30.3 Å². The van der Waals surface area contributed by atoms with Gasteiger partial charge < -0.3 is 10.4 Å². The van der Waals surface area contributed by atoms with Crippen molar-refractivity contribution in [2.24, 2.45) is 11.8 Å². The third-order valence-electron chi connectivity index (χ3n) is 4.54. The molecule has 0 bridgehead atoms. The van der Waals surface area contributed by atoms with E-state index in [4.69, 9.17) is 0 Å². The molecule has 2 heteroatoms. The van der Waals surface area contributed by atoms with Gasteiger partial charge in [0.1, 0.15) is 0 Å². The standard InChI is InChI=1S/C17H27NO/c1-13(2)14-8-10-16(11-9-14)18-17(12-19)15-6-4-3-5-7-15/h3-7,13-14,16-19H,8-12H2,1-2H3/t14?,16?,17-/m1/s1. The molecule has 0 spiro atoms. The quantitative estimate of drug-likeness (QED) is 0.850. The Kier molecular flexibility index (Phi) is 5.41. The summed E-state index contributed by atoms with van der Waals surface area (Å²) in [4.78, 5) is 0. The SMILES string of the molecule is CC(C)C1CCC(N[C@H](CO)c2ccccc2)CC1. The predicted octanol–water partition coefficient (Wildman–Crippen LogP) is 3.52. The Balaban J connectivity index is 1.87. The average Bonchev–Trinajstić information content (AvgIpc) is 2.46. The van der Waals surface area contributed by atoms with Crippen LogP contribution in [0.4, 0.5) is 0 Å². The maximum Gasteiger partial charge on any atom is 0.0626 e. The second kappa shape index (κ2) is 7.06. The van der Waals surface area contributed by atoms with Crippen LogP contribution in [0.25, 0.3) is 0 Å². The highest BCUT2D eigenvalue weighted by Crippen LogP contribution is 2.30. The van der Waals surface area contributed by atoms with E-state index in [0.717, 1.165) is 11.8 Å². The molecular weight excluding hydrogens is 234 g/mol. The minimum atomic E-state index is 0.0850. The Labute approximate surface area is 117 Å². The molecule has 0 radical (unpaired) electrons. The molecule has 0 aromatic heterocycles. The minimum Gasteiger partial charge on any atom is -0.394 e. The van der Waals surface area contributed by atoms with Crippen LogP contribution in [0.1, 0.15) is 51.1 Å². The van der Waals surface area contributed by atoms with E-state index < -0.39 is 0 Å². The number of benzene rings is 1. The molecule has 0 heterocycles. The maximum absolute atomic E-state index is 9.59. The van der Waals surface area contributed by atoms with E-state index in [1.807, 2.05) is 18.2 Å². The van der Waals surface area contributed by atoms with Crippen LogP contribution in [0.5, 0.6) is 0 Å². The van der Waals surface area contributed by atoms with Gasteiger partial charge in [-0.2, -0.15) is 0 Å². The Morgan fingerprint density at radius 1 is 1.11 bits per heavy atom. The fourth-order valence-electron chi connectivity index (χ4n) is 3.18. The van der Waals surface area contributed by atoms with E-state index in [1.54, 1.807) is 0 Å². The van der Waals surface area contributed by atoms with E-state index >= 15 is 0 Å². The predicted molar refractivity (Wildman–Crippen MR) is 80.0 cm³/mol. The van der Waals surface area contributed by atoms with Crippen molar-refractivity contribution in [3.05, 3.63) is 35.9 Å². The van der Waals surface area contributed by atoms with Crippen LogP contribution in [-0.2, 0) is 0 Å². The molecule has 1 fully saturated rings. The highest BCUT2D eigenvalue weighted by molar-refractivity contribution is 5.19. The van der Waals surface area contributed by atoms with Gasteiger partial charge in [0, 0.05) is 6.04 Å². The van der Waals surface area contributed by atoms with Crippen molar-refractivity contribution in [1.29, 1.82) is 0 Å². The normalized spacial score (nSPS) is 25.5. The number of hydrogen-bond donors (Lipinski definition) is 2. The average molecular weight is 261 g/mol. The molecule has 1 saturated carbocycles. The van der Waals surface area contributed by atoms with Crippen molar-refractivity contribution in [2.75, 3.05) is 6.61 Å². The molecule has 2 rings (SSSR count). The van der Waals surface area contributed by atoms with Crippen molar-refractivity contribution in [2.45, 2.75) is 51.6 Å². The highest BCUT2D eigenvalue weighted by atomic mass is 16.3. The van der Waals surface area contributed by atoms with Gasteiger partial charge in [-0.05, 0) is 43.1 Å². The number of aliphatic hydroxyl groups excluding tert-OH is 1. The van der Waals surface area contributed by atoms with Crippen LogP contribution in [0.2, 0.25) is 0 Å². The lowest BCUT2D eigenvalue weighted by molar-refractivity contribution is 0.193. The zero-order valence-electron chi connectivity index (χ0n) is 12.2. The first kappa shape index (κ1) is 14.5. The Hall–Kier alpha value is -0.860. The van der Waals surface area contributed by atoms with Gasteiger partial charge in [0.15, 0.2) is 0 Å². The van der Waals surface area contributed by atoms with Gasteiger partial charge in [0.2, 0.25) is 0 Å². The first-order chi connectivity index (χ1) is 9.20. The number of rotatable bonds is 5. The molecule has 2 N–H and O–H groups in total. The van der Waals surface area contributed by atoms with Crippen molar-refractivity contribution >= 4 is 0 Å².